The Morgan fingerprint density at radius 1 is 1.05 bits per heavy atom. The molecule has 0 aliphatic rings. The molecule has 1 N–H and O–H groups in total. The van der Waals surface area contributed by atoms with Crippen molar-refractivity contribution in [2.45, 2.75) is 18.4 Å². The number of aryl methyl sites for hydroxylation is 1. The maximum atomic E-state index is 13.9. The van der Waals surface area contributed by atoms with E-state index in [0.29, 0.717) is 28.0 Å². The van der Waals surface area contributed by atoms with Gasteiger partial charge in [0.2, 0.25) is 0 Å². The molecule has 0 saturated carbocycles. The van der Waals surface area contributed by atoms with Crippen molar-refractivity contribution in [3.8, 4) is 16.9 Å². The Labute approximate surface area is 219 Å². The number of pyridine rings is 1. The minimum Gasteiger partial charge on any atom is -0.497 e. The summed E-state index contributed by atoms with van der Waals surface area (Å²) in [6.07, 6.45) is 3.05. The van der Waals surface area contributed by atoms with Gasteiger partial charge in [-0.2, -0.15) is 0 Å². The monoisotopic (exact) mass is 533 g/mol. The van der Waals surface area contributed by atoms with Gasteiger partial charge in [0.1, 0.15) is 5.75 Å². The third kappa shape index (κ3) is 5.32. The number of hydrogen-bond donors (Lipinski definition) is 1. The van der Waals surface area contributed by atoms with Crippen molar-refractivity contribution in [2.75, 3.05) is 11.4 Å². The minimum absolute atomic E-state index is 0.0219. The molecule has 0 atom stereocenters. The number of sulfonamides is 1. The van der Waals surface area contributed by atoms with Crippen LogP contribution in [0.1, 0.15) is 21.5 Å². The highest BCUT2D eigenvalue weighted by Crippen LogP contribution is 2.36. The molecule has 3 aromatic carbocycles. The van der Waals surface area contributed by atoms with Gasteiger partial charge < -0.3 is 9.84 Å². The molecule has 4 rings (SSSR count). The summed E-state index contributed by atoms with van der Waals surface area (Å²) < 4.78 is 34.0. The highest BCUT2D eigenvalue weighted by molar-refractivity contribution is 7.92. The molecule has 0 amide bonds. The summed E-state index contributed by atoms with van der Waals surface area (Å²) in [5, 5.41) is 21.4. The van der Waals surface area contributed by atoms with E-state index in [0.717, 1.165) is 4.31 Å². The first kappa shape index (κ1) is 26.3. The Kier molecular flexibility index (Phi) is 7.40. The maximum absolute atomic E-state index is 13.9. The molecule has 0 unspecified atom stereocenters. The van der Waals surface area contributed by atoms with Crippen LogP contribution in [0.3, 0.4) is 0 Å². The van der Waals surface area contributed by atoms with Crippen LogP contribution in [0.25, 0.3) is 11.1 Å². The standard InChI is InChI=1S/C27H23N3O7S/c1-18-13-21(20-6-3-7-22(14-20)30(33)34)15-25(27(31)32)26(18)29(17-19-5-4-12-28-16-19)38(35,36)24-10-8-23(37-2)9-11-24/h3-16H,17H2,1-2H3,(H,31,32). The van der Waals surface area contributed by atoms with Crippen LogP contribution < -0.4 is 9.04 Å². The maximum Gasteiger partial charge on any atom is 0.337 e. The van der Waals surface area contributed by atoms with E-state index in [1.54, 1.807) is 37.4 Å². The molecule has 0 fully saturated rings. The largest absolute Gasteiger partial charge is 0.497 e. The lowest BCUT2D eigenvalue weighted by Gasteiger charge is -2.28. The van der Waals surface area contributed by atoms with Crippen molar-refractivity contribution in [1.29, 1.82) is 0 Å². The SMILES string of the molecule is COc1ccc(S(=O)(=O)N(Cc2cccnc2)c2c(C)cc(-c3cccc([N+](=O)[O-])c3)cc2C(=O)O)cc1. The fourth-order valence-corrected chi connectivity index (χ4v) is 5.59. The number of non-ortho nitro benzene ring substituents is 1. The van der Waals surface area contributed by atoms with Crippen LogP contribution in [0.5, 0.6) is 5.75 Å². The van der Waals surface area contributed by atoms with E-state index >= 15 is 0 Å². The fourth-order valence-electron chi connectivity index (χ4n) is 4.06. The first-order valence-corrected chi connectivity index (χ1v) is 12.7. The Bertz CT molecular complexity index is 1610. The van der Waals surface area contributed by atoms with Crippen molar-refractivity contribution in [3.05, 3.63) is 112 Å². The number of ether oxygens (including phenoxy) is 1. The second-order valence-corrected chi connectivity index (χ2v) is 10.2. The number of rotatable bonds is 9. The number of carboxylic acid groups (broad SMARTS) is 1. The van der Waals surface area contributed by atoms with Crippen molar-refractivity contribution in [3.63, 3.8) is 0 Å². The average molecular weight is 534 g/mol. The topological polar surface area (TPSA) is 140 Å². The van der Waals surface area contributed by atoms with Gasteiger partial charge in [0, 0.05) is 24.5 Å². The van der Waals surface area contributed by atoms with Crippen molar-refractivity contribution in [2.24, 2.45) is 0 Å². The van der Waals surface area contributed by atoms with Gasteiger partial charge in [-0.15, -0.1) is 0 Å². The number of nitro benzene ring substituents is 1. The second-order valence-electron chi connectivity index (χ2n) is 8.35. The van der Waals surface area contributed by atoms with Crippen LogP contribution in [0.15, 0.2) is 90.1 Å². The number of methoxy groups -OCH3 is 1. The van der Waals surface area contributed by atoms with Crippen LogP contribution in [-0.4, -0.2) is 36.5 Å². The smallest absolute Gasteiger partial charge is 0.337 e. The summed E-state index contributed by atoms with van der Waals surface area (Å²) in [6.45, 7) is 1.42. The number of nitrogens with zero attached hydrogens (tertiary/aromatic N) is 3. The highest BCUT2D eigenvalue weighted by Gasteiger charge is 2.31. The molecule has 0 spiro atoms. The summed E-state index contributed by atoms with van der Waals surface area (Å²) in [5.74, 6) is -0.886. The molecule has 0 bridgehead atoms. The van der Waals surface area contributed by atoms with Crippen molar-refractivity contribution in [1.82, 2.24) is 4.98 Å². The number of carboxylic acids is 1. The average Bonchev–Trinajstić information content (AvgIpc) is 2.92. The van der Waals surface area contributed by atoms with E-state index in [2.05, 4.69) is 4.98 Å². The lowest BCUT2D eigenvalue weighted by atomic mass is 9.97. The van der Waals surface area contributed by atoms with Crippen LogP contribution >= 0.6 is 0 Å². The van der Waals surface area contributed by atoms with E-state index in [9.17, 15) is 28.4 Å². The van der Waals surface area contributed by atoms with Gasteiger partial charge in [0.05, 0.1) is 34.7 Å². The number of nitro groups is 1. The lowest BCUT2D eigenvalue weighted by molar-refractivity contribution is -0.384. The quantitative estimate of drug-likeness (QED) is 0.232. The van der Waals surface area contributed by atoms with Crippen molar-refractivity contribution < 1.29 is 28.0 Å². The van der Waals surface area contributed by atoms with E-state index in [1.807, 2.05) is 0 Å². The van der Waals surface area contributed by atoms with Crippen LogP contribution in [0.4, 0.5) is 11.4 Å². The van der Waals surface area contributed by atoms with Crippen molar-refractivity contribution >= 4 is 27.4 Å². The van der Waals surface area contributed by atoms with E-state index in [-0.39, 0.29) is 28.4 Å². The molecule has 0 aliphatic carbocycles. The number of carbonyl (C=O) groups is 1. The Morgan fingerprint density at radius 2 is 1.79 bits per heavy atom. The Morgan fingerprint density at radius 3 is 2.39 bits per heavy atom. The normalized spacial score (nSPS) is 11.1. The third-order valence-electron chi connectivity index (χ3n) is 5.87. The Balaban J connectivity index is 1.92. The van der Waals surface area contributed by atoms with Gasteiger partial charge in [-0.05, 0) is 71.6 Å². The summed E-state index contributed by atoms with van der Waals surface area (Å²) in [7, 11) is -2.79. The number of anilines is 1. The second kappa shape index (κ2) is 10.7. The summed E-state index contributed by atoms with van der Waals surface area (Å²) >= 11 is 0. The molecule has 0 aliphatic heterocycles. The van der Waals surface area contributed by atoms with Gasteiger partial charge in [0.25, 0.3) is 15.7 Å². The summed E-state index contributed by atoms with van der Waals surface area (Å²) in [5.41, 5.74) is 1.28. The van der Waals surface area contributed by atoms with Crippen LogP contribution in [-0.2, 0) is 16.6 Å². The number of aromatic nitrogens is 1. The van der Waals surface area contributed by atoms with Gasteiger partial charge >= 0.3 is 5.97 Å². The zero-order valence-corrected chi connectivity index (χ0v) is 21.3. The van der Waals surface area contributed by atoms with Gasteiger partial charge in [-0.1, -0.05) is 18.2 Å². The molecule has 0 radical (unpaired) electrons. The lowest BCUT2D eigenvalue weighted by Crippen LogP contribution is -2.32. The summed E-state index contributed by atoms with van der Waals surface area (Å²) in [4.78, 5) is 27.2. The molecule has 194 valence electrons. The molecule has 1 aromatic heterocycles. The Hall–Kier alpha value is -4.77. The van der Waals surface area contributed by atoms with E-state index < -0.39 is 20.9 Å². The molecule has 10 nitrogen and oxygen atoms in total. The molecule has 11 heteroatoms. The van der Waals surface area contributed by atoms with E-state index in [1.165, 1.54) is 61.8 Å². The zero-order valence-electron chi connectivity index (χ0n) is 20.4. The zero-order chi connectivity index (χ0) is 27.4. The van der Waals surface area contributed by atoms with Gasteiger partial charge in [0.15, 0.2) is 0 Å². The molecule has 4 aromatic rings. The van der Waals surface area contributed by atoms with Crippen LogP contribution in [0, 0.1) is 17.0 Å². The molecular weight excluding hydrogens is 510 g/mol. The third-order valence-corrected chi connectivity index (χ3v) is 7.63. The number of hydrogen-bond acceptors (Lipinski definition) is 7. The predicted octanol–water partition coefficient (Wildman–Crippen LogP) is 5.07. The van der Waals surface area contributed by atoms with E-state index in [4.69, 9.17) is 4.74 Å². The fraction of sp³-hybridized carbons (Fsp3) is 0.111. The predicted molar refractivity (Wildman–Crippen MR) is 141 cm³/mol. The van der Waals surface area contributed by atoms with Gasteiger partial charge in [-0.25, -0.2) is 13.2 Å². The molecule has 0 saturated heterocycles. The van der Waals surface area contributed by atoms with Gasteiger partial charge in [-0.3, -0.25) is 19.4 Å². The van der Waals surface area contributed by atoms with Crippen LogP contribution in [0.2, 0.25) is 0 Å². The molecular formula is C27H23N3O7S. The number of aromatic carboxylic acids is 1. The molecule has 1 heterocycles. The summed E-state index contributed by atoms with van der Waals surface area (Å²) in [6, 6.07) is 17.9. The number of benzene rings is 3. The minimum atomic E-state index is -4.25. The molecule has 38 heavy (non-hydrogen) atoms. The first-order valence-electron chi connectivity index (χ1n) is 11.3. The first-order chi connectivity index (χ1) is 18.1. The highest BCUT2D eigenvalue weighted by atomic mass is 32.2.